The molecule has 2 N–H and O–H groups in total. The molecule has 0 bridgehead atoms. The number of ether oxygens (including phenoxy) is 1. The van der Waals surface area contributed by atoms with Crippen molar-refractivity contribution in [1.29, 1.82) is 0 Å². The van der Waals surface area contributed by atoms with Gasteiger partial charge in [-0.15, -0.1) is 0 Å². The lowest BCUT2D eigenvalue weighted by Crippen LogP contribution is -2.36. The van der Waals surface area contributed by atoms with Gasteiger partial charge >= 0.3 is 6.09 Å². The van der Waals surface area contributed by atoms with E-state index in [0.29, 0.717) is 26.2 Å². The minimum absolute atomic E-state index is 0.158. The van der Waals surface area contributed by atoms with Gasteiger partial charge in [-0.05, 0) is 29.7 Å². The summed E-state index contributed by atoms with van der Waals surface area (Å²) in [6, 6.07) is 7.62. The normalized spacial score (nSPS) is 19.6. The van der Waals surface area contributed by atoms with Crippen molar-refractivity contribution in [2.45, 2.75) is 19.4 Å². The molecule has 2 aliphatic rings. The smallest absolute Gasteiger partial charge is 0.414 e. The molecule has 2 heterocycles. The summed E-state index contributed by atoms with van der Waals surface area (Å²) in [4.78, 5) is 37.7. The molecule has 144 valence electrons. The Labute approximate surface area is 157 Å². The molecule has 1 fully saturated rings. The van der Waals surface area contributed by atoms with Gasteiger partial charge in [-0.3, -0.25) is 14.5 Å². The molecule has 1 atom stereocenters. The Kier molecular flexibility index (Phi) is 5.75. The number of benzene rings is 1. The van der Waals surface area contributed by atoms with Crippen molar-refractivity contribution >= 4 is 29.2 Å². The van der Waals surface area contributed by atoms with Crippen molar-refractivity contribution in [2.75, 3.05) is 37.7 Å². The molecular formula is C19H23N3O5. The van der Waals surface area contributed by atoms with Crippen molar-refractivity contribution < 1.29 is 24.2 Å². The minimum Gasteiger partial charge on any atom is -0.442 e. The third-order valence-electron chi connectivity index (χ3n) is 4.70. The zero-order chi connectivity index (χ0) is 19.4. The number of anilines is 1. The molecule has 3 rings (SSSR count). The Bertz CT molecular complexity index is 759. The summed E-state index contributed by atoms with van der Waals surface area (Å²) in [5, 5.41) is 11.6. The monoisotopic (exact) mass is 373 g/mol. The predicted molar refractivity (Wildman–Crippen MR) is 99.0 cm³/mol. The fraction of sp³-hybridized carbons (Fsp3) is 0.421. The van der Waals surface area contributed by atoms with Crippen LogP contribution in [0.15, 0.2) is 30.3 Å². The lowest BCUT2D eigenvalue weighted by Gasteiger charge is -2.26. The fourth-order valence-corrected chi connectivity index (χ4v) is 3.21. The quantitative estimate of drug-likeness (QED) is 0.794. The van der Waals surface area contributed by atoms with E-state index in [1.807, 2.05) is 30.3 Å². The van der Waals surface area contributed by atoms with Gasteiger partial charge in [0.1, 0.15) is 12.7 Å². The molecule has 1 unspecified atom stereocenters. The van der Waals surface area contributed by atoms with Gasteiger partial charge in [0.05, 0.1) is 13.1 Å². The molecule has 3 amide bonds. The van der Waals surface area contributed by atoms with Crippen molar-refractivity contribution in [1.82, 2.24) is 10.2 Å². The van der Waals surface area contributed by atoms with E-state index in [-0.39, 0.29) is 17.9 Å². The van der Waals surface area contributed by atoms with E-state index in [1.54, 1.807) is 9.80 Å². The van der Waals surface area contributed by atoms with E-state index >= 15 is 0 Å². The van der Waals surface area contributed by atoms with Crippen LogP contribution >= 0.6 is 0 Å². The number of hydrogen-bond donors (Lipinski definition) is 2. The van der Waals surface area contributed by atoms with Crippen LogP contribution in [-0.4, -0.2) is 66.8 Å². The highest BCUT2D eigenvalue weighted by molar-refractivity contribution is 5.90. The predicted octanol–water partition coefficient (Wildman–Crippen LogP) is 0.756. The first-order valence-corrected chi connectivity index (χ1v) is 8.88. The summed E-state index contributed by atoms with van der Waals surface area (Å²) in [7, 11) is 0. The maximum atomic E-state index is 12.1. The molecule has 0 aromatic heterocycles. The van der Waals surface area contributed by atoms with Crippen LogP contribution in [0, 0.1) is 0 Å². The minimum atomic E-state index is -0.466. The molecule has 0 spiro atoms. The Balaban J connectivity index is 1.62. The topological polar surface area (TPSA) is 99.2 Å². The highest BCUT2D eigenvalue weighted by atomic mass is 16.6. The number of cyclic esters (lactones) is 1. The van der Waals surface area contributed by atoms with E-state index in [0.717, 1.165) is 23.2 Å². The van der Waals surface area contributed by atoms with Gasteiger partial charge in [0.15, 0.2) is 0 Å². The molecule has 8 nitrogen and oxygen atoms in total. The van der Waals surface area contributed by atoms with E-state index in [2.05, 4.69) is 5.32 Å². The third kappa shape index (κ3) is 4.46. The summed E-state index contributed by atoms with van der Waals surface area (Å²) in [5.41, 5.74) is 2.91. The van der Waals surface area contributed by atoms with E-state index in [4.69, 9.17) is 9.84 Å². The number of rotatable bonds is 5. The SMILES string of the molecule is CC(=O)NCC1CN(c2ccc(C3=CCN(C(=O)CO)CC3)cc2)C(=O)O1. The first kappa shape index (κ1) is 18.9. The largest absolute Gasteiger partial charge is 0.442 e. The maximum absolute atomic E-state index is 12.1. The van der Waals surface area contributed by atoms with Crippen molar-refractivity contribution in [3.8, 4) is 0 Å². The number of nitrogens with zero attached hydrogens (tertiary/aromatic N) is 2. The van der Waals surface area contributed by atoms with Crippen molar-refractivity contribution in [3.63, 3.8) is 0 Å². The van der Waals surface area contributed by atoms with Gasteiger partial charge in [-0.2, -0.15) is 0 Å². The van der Waals surface area contributed by atoms with Crippen LogP contribution in [0.3, 0.4) is 0 Å². The molecule has 0 radical (unpaired) electrons. The first-order valence-electron chi connectivity index (χ1n) is 8.88. The lowest BCUT2D eigenvalue weighted by atomic mass is 9.99. The van der Waals surface area contributed by atoms with Gasteiger partial charge < -0.3 is 20.1 Å². The first-order chi connectivity index (χ1) is 13.0. The summed E-state index contributed by atoms with van der Waals surface area (Å²) < 4.78 is 5.27. The summed E-state index contributed by atoms with van der Waals surface area (Å²) in [6.07, 6.45) is 1.92. The average Bonchev–Trinajstić information content (AvgIpc) is 3.06. The molecule has 2 aliphatic heterocycles. The molecule has 1 saturated heterocycles. The second kappa shape index (κ2) is 8.22. The molecular weight excluding hydrogens is 350 g/mol. The second-order valence-corrected chi connectivity index (χ2v) is 6.58. The number of amides is 3. The number of hydrogen-bond acceptors (Lipinski definition) is 5. The standard InChI is InChI=1S/C19H23N3O5/c1-13(24)20-10-17-11-22(19(26)27-17)16-4-2-14(3-5-16)15-6-8-21(9-7-15)18(25)12-23/h2-6,17,23H,7-12H2,1H3,(H,20,24). The Morgan fingerprint density at radius 2 is 2.04 bits per heavy atom. The van der Waals surface area contributed by atoms with Crippen LogP contribution in [0.25, 0.3) is 5.57 Å². The fourth-order valence-electron chi connectivity index (χ4n) is 3.21. The summed E-state index contributed by atoms with van der Waals surface area (Å²) in [6.45, 7) is 2.71. The van der Waals surface area contributed by atoms with E-state index < -0.39 is 12.7 Å². The van der Waals surface area contributed by atoms with Gasteiger partial charge in [0, 0.05) is 25.7 Å². The number of aliphatic hydroxyl groups is 1. The van der Waals surface area contributed by atoms with Gasteiger partial charge in [0.2, 0.25) is 11.8 Å². The third-order valence-corrected chi connectivity index (χ3v) is 4.70. The molecule has 1 aromatic carbocycles. The van der Waals surface area contributed by atoms with Crippen LogP contribution in [0.5, 0.6) is 0 Å². The van der Waals surface area contributed by atoms with Crippen LogP contribution in [0.1, 0.15) is 18.9 Å². The zero-order valence-electron chi connectivity index (χ0n) is 15.2. The zero-order valence-corrected chi connectivity index (χ0v) is 15.2. The summed E-state index contributed by atoms with van der Waals surface area (Å²) in [5.74, 6) is -0.420. The van der Waals surface area contributed by atoms with Crippen LogP contribution in [-0.2, 0) is 14.3 Å². The van der Waals surface area contributed by atoms with Crippen LogP contribution in [0.4, 0.5) is 10.5 Å². The molecule has 0 saturated carbocycles. The van der Waals surface area contributed by atoms with Crippen molar-refractivity contribution in [3.05, 3.63) is 35.9 Å². The second-order valence-electron chi connectivity index (χ2n) is 6.58. The number of aliphatic hydroxyl groups excluding tert-OH is 1. The lowest BCUT2D eigenvalue weighted by molar-refractivity contribution is -0.133. The Hall–Kier alpha value is -2.87. The Morgan fingerprint density at radius 1 is 1.30 bits per heavy atom. The number of carbonyl (C=O) groups excluding carboxylic acids is 3. The molecule has 0 aliphatic carbocycles. The van der Waals surface area contributed by atoms with Crippen LogP contribution in [0.2, 0.25) is 0 Å². The van der Waals surface area contributed by atoms with Gasteiger partial charge in [0.25, 0.3) is 0 Å². The summed E-state index contributed by atoms with van der Waals surface area (Å²) >= 11 is 0. The average molecular weight is 373 g/mol. The molecule has 1 aromatic rings. The van der Waals surface area contributed by atoms with Crippen molar-refractivity contribution in [2.24, 2.45) is 0 Å². The number of carbonyl (C=O) groups is 3. The van der Waals surface area contributed by atoms with Gasteiger partial charge in [-0.1, -0.05) is 18.2 Å². The van der Waals surface area contributed by atoms with Crippen LogP contribution < -0.4 is 10.2 Å². The van der Waals surface area contributed by atoms with Gasteiger partial charge in [-0.25, -0.2) is 4.79 Å². The number of nitrogens with one attached hydrogen (secondary N) is 1. The Morgan fingerprint density at radius 3 is 2.63 bits per heavy atom. The molecule has 27 heavy (non-hydrogen) atoms. The maximum Gasteiger partial charge on any atom is 0.414 e. The van der Waals surface area contributed by atoms with E-state index in [1.165, 1.54) is 6.92 Å². The molecule has 8 heteroatoms. The van der Waals surface area contributed by atoms with E-state index in [9.17, 15) is 14.4 Å². The highest BCUT2D eigenvalue weighted by Gasteiger charge is 2.32. The highest BCUT2D eigenvalue weighted by Crippen LogP contribution is 2.27.